The van der Waals surface area contributed by atoms with Gasteiger partial charge in [-0.2, -0.15) is 0 Å². The highest BCUT2D eigenvalue weighted by atomic mass is 16.6. The van der Waals surface area contributed by atoms with Crippen LogP contribution in [0.5, 0.6) is 0 Å². The zero-order valence-electron chi connectivity index (χ0n) is 6.87. The smallest absolute Gasteiger partial charge is 0.310 e. The van der Waals surface area contributed by atoms with Crippen LogP contribution in [0.4, 0.5) is 0 Å². The molecule has 0 fully saturated rings. The van der Waals surface area contributed by atoms with E-state index in [4.69, 9.17) is 9.84 Å². The lowest BCUT2D eigenvalue weighted by atomic mass is 10.4. The second-order valence-corrected chi connectivity index (χ2v) is 1.92. The van der Waals surface area contributed by atoms with E-state index in [0.717, 1.165) is 0 Å². The third-order valence-electron chi connectivity index (χ3n) is 1.01. The van der Waals surface area contributed by atoms with Gasteiger partial charge in [-0.25, -0.2) is 0 Å². The predicted molar refractivity (Wildman–Crippen MR) is 38.9 cm³/mol. The fourth-order valence-corrected chi connectivity index (χ4v) is 0.614. The van der Waals surface area contributed by atoms with Crippen LogP contribution in [0, 0.1) is 0 Å². The first kappa shape index (κ1) is 10.4. The van der Waals surface area contributed by atoms with Crippen molar-refractivity contribution in [2.24, 2.45) is 0 Å². The van der Waals surface area contributed by atoms with Gasteiger partial charge in [0.15, 0.2) is 6.29 Å². The first-order valence-corrected chi connectivity index (χ1v) is 3.66. The molecular weight excluding hydrogens is 148 g/mol. The van der Waals surface area contributed by atoms with Crippen LogP contribution >= 0.6 is 0 Å². The predicted octanol–water partition coefficient (Wildman–Crippen LogP) is 0.295. The number of aliphatic hydroxyl groups is 1. The number of hydrogen-bond acceptors (Lipinski definition) is 4. The van der Waals surface area contributed by atoms with Crippen molar-refractivity contribution in [3.63, 3.8) is 0 Å². The minimum atomic E-state index is -1.03. The molecule has 0 spiro atoms. The Morgan fingerprint density at radius 2 is 2.09 bits per heavy atom. The van der Waals surface area contributed by atoms with Crippen LogP contribution in [0.15, 0.2) is 0 Å². The number of carbonyl (C=O) groups excluding carboxylic acids is 1. The molecule has 4 nitrogen and oxygen atoms in total. The van der Waals surface area contributed by atoms with E-state index >= 15 is 0 Å². The van der Waals surface area contributed by atoms with E-state index in [1.807, 2.05) is 0 Å². The Morgan fingerprint density at radius 3 is 2.55 bits per heavy atom. The van der Waals surface area contributed by atoms with Crippen molar-refractivity contribution >= 4 is 5.97 Å². The molecule has 0 aliphatic carbocycles. The van der Waals surface area contributed by atoms with Gasteiger partial charge in [0, 0.05) is 6.61 Å². The first-order valence-electron chi connectivity index (χ1n) is 3.66. The van der Waals surface area contributed by atoms with E-state index in [0.29, 0.717) is 13.2 Å². The zero-order valence-corrected chi connectivity index (χ0v) is 6.87. The van der Waals surface area contributed by atoms with Crippen LogP contribution in [-0.4, -0.2) is 30.6 Å². The van der Waals surface area contributed by atoms with Gasteiger partial charge >= 0.3 is 5.97 Å². The molecular formula is C7H14O4. The number of rotatable bonds is 5. The maximum atomic E-state index is 10.7. The van der Waals surface area contributed by atoms with Gasteiger partial charge in [-0.15, -0.1) is 0 Å². The van der Waals surface area contributed by atoms with E-state index in [9.17, 15) is 4.79 Å². The molecule has 0 heterocycles. The minimum absolute atomic E-state index is 0.0956. The standard InChI is InChI=1S/C7H14O4/c1-3-10-6(8)5-7(9)11-4-2/h6,8H,3-5H2,1-2H3. The Morgan fingerprint density at radius 1 is 1.45 bits per heavy atom. The third-order valence-corrected chi connectivity index (χ3v) is 1.01. The van der Waals surface area contributed by atoms with Crippen LogP contribution in [-0.2, 0) is 14.3 Å². The third kappa shape index (κ3) is 5.82. The van der Waals surface area contributed by atoms with Gasteiger partial charge in [0.25, 0.3) is 0 Å². The van der Waals surface area contributed by atoms with E-state index in [2.05, 4.69) is 4.74 Å². The quantitative estimate of drug-likeness (QED) is 0.466. The maximum absolute atomic E-state index is 10.7. The molecule has 0 amide bonds. The summed E-state index contributed by atoms with van der Waals surface area (Å²) in [5.74, 6) is -0.437. The van der Waals surface area contributed by atoms with E-state index in [1.165, 1.54) is 0 Å². The Balaban J connectivity index is 3.40. The van der Waals surface area contributed by atoms with Crippen molar-refractivity contribution < 1.29 is 19.4 Å². The Labute approximate surface area is 66.1 Å². The van der Waals surface area contributed by atoms with E-state index in [1.54, 1.807) is 13.8 Å². The molecule has 0 aromatic heterocycles. The summed E-state index contributed by atoms with van der Waals surface area (Å²) in [6.45, 7) is 4.18. The molecule has 0 aromatic rings. The number of hydrogen-bond donors (Lipinski definition) is 1. The molecule has 1 N–H and O–H groups in total. The molecule has 0 radical (unpaired) electrons. The maximum Gasteiger partial charge on any atom is 0.310 e. The molecule has 0 rings (SSSR count). The highest BCUT2D eigenvalue weighted by Crippen LogP contribution is 1.95. The molecule has 0 aliphatic rings. The molecule has 4 heteroatoms. The highest BCUT2D eigenvalue weighted by Gasteiger charge is 2.10. The van der Waals surface area contributed by atoms with Crippen molar-refractivity contribution in [2.75, 3.05) is 13.2 Å². The average Bonchev–Trinajstić information content (AvgIpc) is 1.87. The van der Waals surface area contributed by atoms with Gasteiger partial charge in [-0.3, -0.25) is 4.79 Å². The fraction of sp³-hybridized carbons (Fsp3) is 0.857. The van der Waals surface area contributed by atoms with Crippen LogP contribution in [0.1, 0.15) is 20.3 Å². The van der Waals surface area contributed by atoms with Gasteiger partial charge in [0.1, 0.15) is 0 Å². The van der Waals surface area contributed by atoms with Crippen LogP contribution in [0.25, 0.3) is 0 Å². The Bertz CT molecular complexity index is 113. The Hall–Kier alpha value is -0.610. The van der Waals surface area contributed by atoms with Gasteiger partial charge in [0.05, 0.1) is 13.0 Å². The molecule has 1 unspecified atom stereocenters. The largest absolute Gasteiger partial charge is 0.466 e. The van der Waals surface area contributed by atoms with Gasteiger partial charge < -0.3 is 14.6 Å². The van der Waals surface area contributed by atoms with Crippen molar-refractivity contribution in [2.45, 2.75) is 26.6 Å². The van der Waals surface area contributed by atoms with Gasteiger partial charge in [0.2, 0.25) is 0 Å². The van der Waals surface area contributed by atoms with Crippen molar-refractivity contribution in [3.05, 3.63) is 0 Å². The van der Waals surface area contributed by atoms with Gasteiger partial charge in [-0.1, -0.05) is 0 Å². The van der Waals surface area contributed by atoms with Crippen LogP contribution in [0.2, 0.25) is 0 Å². The molecule has 66 valence electrons. The van der Waals surface area contributed by atoms with E-state index < -0.39 is 12.3 Å². The van der Waals surface area contributed by atoms with E-state index in [-0.39, 0.29) is 6.42 Å². The lowest BCUT2D eigenvalue weighted by Gasteiger charge is -2.08. The van der Waals surface area contributed by atoms with Crippen molar-refractivity contribution in [1.29, 1.82) is 0 Å². The summed E-state index contributed by atoms with van der Waals surface area (Å²) in [4.78, 5) is 10.7. The highest BCUT2D eigenvalue weighted by molar-refractivity contribution is 5.69. The summed E-state index contributed by atoms with van der Waals surface area (Å²) in [7, 11) is 0. The summed E-state index contributed by atoms with van der Waals surface area (Å²) in [6, 6.07) is 0. The summed E-state index contributed by atoms with van der Waals surface area (Å²) < 4.78 is 9.29. The average molecular weight is 162 g/mol. The fourth-order valence-electron chi connectivity index (χ4n) is 0.614. The van der Waals surface area contributed by atoms with Gasteiger partial charge in [-0.05, 0) is 13.8 Å². The molecule has 0 saturated carbocycles. The molecule has 0 aromatic carbocycles. The molecule has 0 aliphatic heterocycles. The minimum Gasteiger partial charge on any atom is -0.466 e. The summed E-state index contributed by atoms with van der Waals surface area (Å²) in [5, 5.41) is 8.92. The van der Waals surface area contributed by atoms with Crippen LogP contribution in [0.3, 0.4) is 0 Å². The van der Waals surface area contributed by atoms with Crippen molar-refractivity contribution in [3.8, 4) is 0 Å². The summed E-state index contributed by atoms with van der Waals surface area (Å²) >= 11 is 0. The summed E-state index contributed by atoms with van der Waals surface area (Å²) in [6.07, 6.45) is -1.12. The van der Waals surface area contributed by atoms with Crippen LogP contribution < -0.4 is 0 Å². The monoisotopic (exact) mass is 162 g/mol. The molecule has 0 bridgehead atoms. The number of carbonyl (C=O) groups is 1. The number of esters is 1. The molecule has 11 heavy (non-hydrogen) atoms. The first-order chi connectivity index (χ1) is 5.20. The Kier molecular flexibility index (Phi) is 5.78. The normalized spacial score (nSPS) is 12.6. The molecule has 0 saturated heterocycles. The zero-order chi connectivity index (χ0) is 8.69. The number of aliphatic hydroxyl groups excluding tert-OH is 1. The topological polar surface area (TPSA) is 55.8 Å². The molecule has 1 atom stereocenters. The summed E-state index contributed by atoms with van der Waals surface area (Å²) in [5.41, 5.74) is 0. The second-order valence-electron chi connectivity index (χ2n) is 1.92. The lowest BCUT2D eigenvalue weighted by Crippen LogP contribution is -2.18. The number of ether oxygens (including phenoxy) is 2. The lowest BCUT2D eigenvalue weighted by molar-refractivity contribution is -0.157. The SMILES string of the molecule is CCOC(=O)CC(O)OCC. The second kappa shape index (κ2) is 6.12. The van der Waals surface area contributed by atoms with Crippen molar-refractivity contribution in [1.82, 2.24) is 0 Å².